The van der Waals surface area contributed by atoms with Gasteiger partial charge in [0.15, 0.2) is 0 Å². The monoisotopic (exact) mass is 241 g/mol. The van der Waals surface area contributed by atoms with E-state index in [1.807, 2.05) is 0 Å². The van der Waals surface area contributed by atoms with Gasteiger partial charge in [0, 0.05) is 12.4 Å². The third-order valence-corrected chi connectivity index (χ3v) is 2.25. The zero-order chi connectivity index (χ0) is 12.0. The van der Waals surface area contributed by atoms with E-state index in [0.29, 0.717) is 18.0 Å². The van der Waals surface area contributed by atoms with Gasteiger partial charge in [-0.25, -0.2) is 4.39 Å². The molecule has 1 rings (SSSR count). The quantitative estimate of drug-likeness (QED) is 0.637. The van der Waals surface area contributed by atoms with Crippen LogP contribution in [0.5, 0.6) is 0 Å². The van der Waals surface area contributed by atoms with Gasteiger partial charge in [-0.15, -0.1) is 11.6 Å². The molecule has 2 nitrogen and oxygen atoms in total. The molecule has 1 amide bonds. The molecule has 0 aliphatic carbocycles. The first-order valence-corrected chi connectivity index (χ1v) is 5.44. The van der Waals surface area contributed by atoms with Gasteiger partial charge in [0.05, 0.1) is 5.56 Å². The highest BCUT2D eigenvalue weighted by Gasteiger charge is 2.11. The Morgan fingerprint density at radius 1 is 1.50 bits per heavy atom. The van der Waals surface area contributed by atoms with Crippen LogP contribution in [0.3, 0.4) is 0 Å². The number of hydrogen-bond donors (Lipinski definition) is 1. The Morgan fingerprint density at radius 3 is 2.94 bits per heavy atom. The number of carbonyl (C=O) groups excluding carboxylic acids is 1. The van der Waals surface area contributed by atoms with Crippen molar-refractivity contribution in [1.82, 2.24) is 5.32 Å². The van der Waals surface area contributed by atoms with E-state index in [0.717, 1.165) is 0 Å². The number of hydrogen-bond acceptors (Lipinski definition) is 1. The van der Waals surface area contributed by atoms with Crippen LogP contribution in [0, 0.1) is 12.7 Å². The van der Waals surface area contributed by atoms with Crippen LogP contribution in [0.2, 0.25) is 0 Å². The molecule has 86 valence electrons. The third kappa shape index (κ3) is 3.35. The number of alkyl halides is 1. The highest BCUT2D eigenvalue weighted by molar-refractivity contribution is 6.18. The van der Waals surface area contributed by atoms with Gasteiger partial charge in [-0.1, -0.05) is 24.3 Å². The third-order valence-electron chi connectivity index (χ3n) is 2.07. The summed E-state index contributed by atoms with van der Waals surface area (Å²) < 4.78 is 13.5. The van der Waals surface area contributed by atoms with E-state index in [1.165, 1.54) is 6.07 Å². The predicted molar refractivity (Wildman–Crippen MR) is 63.3 cm³/mol. The largest absolute Gasteiger partial charge is 0.348 e. The van der Waals surface area contributed by atoms with E-state index in [2.05, 4.69) is 5.32 Å². The standard InChI is InChI=1S/C12H13ClFNO/c1-9-5-4-6-10(11(9)14)12(16)15-8-3-2-7-13/h2-6H,7-8H2,1H3,(H,15,16)/b3-2+. The van der Waals surface area contributed by atoms with Crippen molar-refractivity contribution in [3.8, 4) is 0 Å². The molecule has 0 unspecified atom stereocenters. The lowest BCUT2D eigenvalue weighted by atomic mass is 10.1. The molecular weight excluding hydrogens is 229 g/mol. The number of carbonyl (C=O) groups is 1. The smallest absolute Gasteiger partial charge is 0.254 e. The maximum absolute atomic E-state index is 13.5. The van der Waals surface area contributed by atoms with Crippen molar-refractivity contribution in [2.75, 3.05) is 12.4 Å². The Labute approximate surface area is 99.1 Å². The summed E-state index contributed by atoms with van der Waals surface area (Å²) in [6, 6.07) is 4.74. The number of halogens is 2. The van der Waals surface area contributed by atoms with Crippen molar-refractivity contribution in [3.63, 3.8) is 0 Å². The first-order chi connectivity index (χ1) is 7.66. The number of benzene rings is 1. The Kier molecular flexibility index (Phi) is 4.99. The summed E-state index contributed by atoms with van der Waals surface area (Å²) in [5, 5.41) is 2.58. The molecule has 1 aromatic carbocycles. The van der Waals surface area contributed by atoms with Crippen LogP contribution in [0.1, 0.15) is 15.9 Å². The zero-order valence-corrected chi connectivity index (χ0v) is 9.72. The van der Waals surface area contributed by atoms with Crippen molar-refractivity contribution < 1.29 is 9.18 Å². The van der Waals surface area contributed by atoms with E-state index >= 15 is 0 Å². The lowest BCUT2D eigenvalue weighted by Crippen LogP contribution is -2.24. The lowest BCUT2D eigenvalue weighted by molar-refractivity contribution is 0.0954. The van der Waals surface area contributed by atoms with Gasteiger partial charge in [-0.2, -0.15) is 0 Å². The average Bonchev–Trinajstić information content (AvgIpc) is 2.28. The van der Waals surface area contributed by atoms with Crippen LogP contribution in [0.25, 0.3) is 0 Å². The minimum atomic E-state index is -0.471. The molecule has 0 bridgehead atoms. The molecule has 0 fully saturated rings. The summed E-state index contributed by atoms with van der Waals surface area (Å²) >= 11 is 5.42. The first-order valence-electron chi connectivity index (χ1n) is 4.91. The zero-order valence-electron chi connectivity index (χ0n) is 8.97. The number of rotatable bonds is 4. The molecule has 4 heteroatoms. The summed E-state index contributed by atoms with van der Waals surface area (Å²) in [6.45, 7) is 1.97. The fraction of sp³-hybridized carbons (Fsp3) is 0.250. The van der Waals surface area contributed by atoms with Crippen LogP contribution >= 0.6 is 11.6 Å². The molecule has 0 aromatic heterocycles. The lowest BCUT2D eigenvalue weighted by Gasteiger charge is -2.05. The molecular formula is C12H13ClFNO. The highest BCUT2D eigenvalue weighted by atomic mass is 35.5. The Bertz CT molecular complexity index is 404. The van der Waals surface area contributed by atoms with E-state index in [9.17, 15) is 9.18 Å². The summed E-state index contributed by atoms with van der Waals surface area (Å²) in [5.74, 6) is -0.490. The number of allylic oxidation sites excluding steroid dienone is 1. The number of aryl methyl sites for hydroxylation is 1. The number of nitrogens with one attached hydrogen (secondary N) is 1. The van der Waals surface area contributed by atoms with Crippen LogP contribution in [0.15, 0.2) is 30.4 Å². The Morgan fingerprint density at radius 2 is 2.25 bits per heavy atom. The molecule has 0 heterocycles. The van der Waals surface area contributed by atoms with Crippen LogP contribution in [-0.4, -0.2) is 18.3 Å². The average molecular weight is 242 g/mol. The van der Waals surface area contributed by atoms with Crippen molar-refractivity contribution in [2.45, 2.75) is 6.92 Å². The Balaban J connectivity index is 2.66. The first kappa shape index (κ1) is 12.7. The topological polar surface area (TPSA) is 29.1 Å². The molecule has 1 N–H and O–H groups in total. The minimum absolute atomic E-state index is 0.0688. The van der Waals surface area contributed by atoms with E-state index < -0.39 is 11.7 Å². The van der Waals surface area contributed by atoms with E-state index in [4.69, 9.17) is 11.6 Å². The molecule has 0 aliphatic heterocycles. The second-order valence-electron chi connectivity index (χ2n) is 3.27. The van der Waals surface area contributed by atoms with Gasteiger partial charge >= 0.3 is 0 Å². The van der Waals surface area contributed by atoms with Gasteiger partial charge in [0.1, 0.15) is 5.82 Å². The molecule has 0 aliphatic rings. The Hall–Kier alpha value is -1.35. The van der Waals surface area contributed by atoms with Crippen molar-refractivity contribution in [2.24, 2.45) is 0 Å². The summed E-state index contributed by atoms with van der Waals surface area (Å²) in [6.07, 6.45) is 3.44. The second kappa shape index (κ2) is 6.28. The SMILES string of the molecule is Cc1cccc(C(=O)NC/C=C/CCl)c1F. The molecule has 0 saturated heterocycles. The normalized spacial score (nSPS) is 10.7. The minimum Gasteiger partial charge on any atom is -0.348 e. The molecule has 1 aromatic rings. The van der Waals surface area contributed by atoms with Gasteiger partial charge in [-0.05, 0) is 18.6 Å². The molecule has 0 spiro atoms. The van der Waals surface area contributed by atoms with Gasteiger partial charge in [0.25, 0.3) is 5.91 Å². The van der Waals surface area contributed by atoms with Gasteiger partial charge in [0.2, 0.25) is 0 Å². The fourth-order valence-corrected chi connectivity index (χ4v) is 1.34. The fourth-order valence-electron chi connectivity index (χ4n) is 1.22. The van der Waals surface area contributed by atoms with Crippen LogP contribution in [-0.2, 0) is 0 Å². The van der Waals surface area contributed by atoms with Gasteiger partial charge < -0.3 is 5.32 Å². The summed E-state index contributed by atoms with van der Waals surface area (Å²) in [4.78, 5) is 11.6. The van der Waals surface area contributed by atoms with Crippen molar-refractivity contribution >= 4 is 17.5 Å². The van der Waals surface area contributed by atoms with Crippen molar-refractivity contribution in [3.05, 3.63) is 47.3 Å². The molecule has 16 heavy (non-hydrogen) atoms. The molecule has 0 saturated carbocycles. The van der Waals surface area contributed by atoms with Crippen LogP contribution < -0.4 is 5.32 Å². The van der Waals surface area contributed by atoms with Crippen LogP contribution in [0.4, 0.5) is 4.39 Å². The van der Waals surface area contributed by atoms with Gasteiger partial charge in [-0.3, -0.25) is 4.79 Å². The number of amides is 1. The predicted octanol–water partition coefficient (Wildman–Crippen LogP) is 2.66. The maximum atomic E-state index is 13.5. The maximum Gasteiger partial charge on any atom is 0.254 e. The summed E-state index contributed by atoms with van der Waals surface area (Å²) in [5.41, 5.74) is 0.531. The molecule has 0 atom stereocenters. The van der Waals surface area contributed by atoms with E-state index in [1.54, 1.807) is 31.2 Å². The molecule has 0 radical (unpaired) electrons. The summed E-state index contributed by atoms with van der Waals surface area (Å²) in [7, 11) is 0. The highest BCUT2D eigenvalue weighted by Crippen LogP contribution is 2.11. The van der Waals surface area contributed by atoms with E-state index in [-0.39, 0.29) is 5.56 Å². The van der Waals surface area contributed by atoms with Crippen molar-refractivity contribution in [1.29, 1.82) is 0 Å². The second-order valence-corrected chi connectivity index (χ2v) is 3.58.